The van der Waals surface area contributed by atoms with E-state index in [9.17, 15) is 25.9 Å². The molecule has 0 saturated carbocycles. The molecule has 0 radical (unpaired) electrons. The van der Waals surface area contributed by atoms with Crippen LogP contribution in [-0.4, -0.2) is 44.0 Å². The van der Waals surface area contributed by atoms with Gasteiger partial charge in [-0.05, 0) is 77.9 Å². The Kier molecular flexibility index (Phi) is 12.3. The van der Waals surface area contributed by atoms with Crippen molar-refractivity contribution in [3.63, 3.8) is 0 Å². The summed E-state index contributed by atoms with van der Waals surface area (Å²) in [5.74, 6) is 0.00863. The number of pyridine rings is 1. The first-order valence-corrected chi connectivity index (χ1v) is 21.1. The van der Waals surface area contributed by atoms with Crippen molar-refractivity contribution in [3.05, 3.63) is 157 Å². The average molecular weight is 778 g/mol. The second kappa shape index (κ2) is 17.3. The highest BCUT2D eigenvalue weighted by molar-refractivity contribution is 7.85. The number of fused-ring (bicyclic) bond motifs is 2. The van der Waals surface area contributed by atoms with Crippen molar-refractivity contribution in [1.82, 2.24) is 0 Å². The first-order valence-electron chi connectivity index (χ1n) is 17.9. The van der Waals surface area contributed by atoms with Crippen LogP contribution >= 0.6 is 0 Å². The van der Waals surface area contributed by atoms with Crippen molar-refractivity contribution in [2.45, 2.75) is 33.2 Å². The minimum Gasteiger partial charge on any atom is -0.748 e. The number of furan rings is 1. The molecule has 4 aromatic carbocycles. The summed E-state index contributed by atoms with van der Waals surface area (Å²) in [6.45, 7) is 4.98. The molecule has 0 aliphatic carbocycles. The molecule has 0 spiro atoms. The summed E-state index contributed by atoms with van der Waals surface area (Å²) in [6.07, 6.45) is 8.08. The van der Waals surface area contributed by atoms with Gasteiger partial charge in [0.15, 0.2) is 18.1 Å². The van der Waals surface area contributed by atoms with Crippen LogP contribution < -0.4 is 14.2 Å². The topological polar surface area (TPSA) is 144 Å². The number of hydrogen-bond donors (Lipinski definition) is 0. The normalized spacial score (nSPS) is 13.7. The van der Waals surface area contributed by atoms with Crippen molar-refractivity contribution in [1.29, 1.82) is 0 Å². The summed E-state index contributed by atoms with van der Waals surface area (Å²) in [5.41, 5.74) is 6.21. The molecule has 1 aliphatic heterocycles. The molecular formula is C43H41N2O8S2-. The summed E-state index contributed by atoms with van der Waals surface area (Å²) in [6, 6.07) is 36.7. The number of hydrogen-bond acceptors (Lipinski definition) is 9. The largest absolute Gasteiger partial charge is 0.748 e. The maximum atomic E-state index is 11.7. The Balaban J connectivity index is 0.000000572. The zero-order valence-corrected chi connectivity index (χ0v) is 32.1. The molecule has 2 aromatic heterocycles. The second-order valence-corrected chi connectivity index (χ2v) is 15.9. The van der Waals surface area contributed by atoms with Gasteiger partial charge in [-0.25, -0.2) is 21.4 Å². The molecular weight excluding hydrogens is 737 g/mol. The number of rotatable bonds is 12. The van der Waals surface area contributed by atoms with Gasteiger partial charge in [0.2, 0.25) is 5.88 Å². The Bertz CT molecular complexity index is 2530. The molecule has 0 fully saturated rings. The Hall–Kier alpha value is -5.53. The Labute approximate surface area is 322 Å². The lowest BCUT2D eigenvalue weighted by atomic mass is 10.0. The van der Waals surface area contributed by atoms with E-state index in [0.29, 0.717) is 46.0 Å². The van der Waals surface area contributed by atoms with Crippen LogP contribution in [0.1, 0.15) is 31.6 Å². The quantitative estimate of drug-likeness (QED) is 0.0894. The van der Waals surface area contributed by atoms with E-state index in [0.717, 1.165) is 34.4 Å². The first-order chi connectivity index (χ1) is 26.4. The lowest BCUT2D eigenvalue weighted by Gasteiger charge is -2.20. The van der Waals surface area contributed by atoms with Gasteiger partial charge in [-0.1, -0.05) is 85.8 Å². The molecule has 0 N–H and O–H groups in total. The van der Waals surface area contributed by atoms with Crippen LogP contribution in [0.3, 0.4) is 0 Å². The zero-order chi connectivity index (χ0) is 39.0. The third-order valence-corrected chi connectivity index (χ3v) is 10.5. The van der Waals surface area contributed by atoms with Gasteiger partial charge in [0.1, 0.15) is 17.9 Å². The number of aryl methyl sites for hydroxylation is 2. The summed E-state index contributed by atoms with van der Waals surface area (Å²) < 4.78 is 84.5. The van der Waals surface area contributed by atoms with Gasteiger partial charge in [-0.2, -0.15) is 0 Å². The molecule has 0 atom stereocenters. The fraction of sp³-hybridized carbons (Fsp3) is 0.186. The Morgan fingerprint density at radius 2 is 1.33 bits per heavy atom. The molecule has 7 rings (SSSR count). The molecule has 55 heavy (non-hydrogen) atoms. The predicted molar refractivity (Wildman–Crippen MR) is 213 cm³/mol. The van der Waals surface area contributed by atoms with Gasteiger partial charge in [-0.3, -0.25) is 0 Å². The lowest BCUT2D eigenvalue weighted by Crippen LogP contribution is -2.30. The molecule has 0 saturated heterocycles. The smallest absolute Gasteiger partial charge is 0.200 e. The van der Waals surface area contributed by atoms with E-state index in [2.05, 4.69) is 23.9 Å². The van der Waals surface area contributed by atoms with Gasteiger partial charge < -0.3 is 23.2 Å². The number of aromatic nitrogens is 1. The van der Waals surface area contributed by atoms with E-state index in [1.54, 1.807) is 23.1 Å². The number of allylic oxidation sites excluding steroid dienone is 2. The molecule has 0 amide bonds. The fourth-order valence-corrected chi connectivity index (χ4v) is 7.11. The molecule has 3 heterocycles. The summed E-state index contributed by atoms with van der Waals surface area (Å²) >= 11 is 0. The Morgan fingerprint density at radius 1 is 0.727 bits per heavy atom. The molecule has 6 aromatic rings. The monoisotopic (exact) mass is 777 g/mol. The summed E-state index contributed by atoms with van der Waals surface area (Å²) in [5, 5.41) is 0.699. The SMILES string of the molecule is CCC(=Cc1oc2ccc(-c3ccccc3)cc2c1CCS(=O)(=O)[O-])C=C1Oc2ccc(-c3ccccc3)cc2N1CCS(=O)(=O)[O-].CC[n+]1ccccc1. The van der Waals surface area contributed by atoms with E-state index in [-0.39, 0.29) is 13.0 Å². The fourth-order valence-electron chi connectivity index (χ4n) is 6.25. The van der Waals surface area contributed by atoms with E-state index in [1.807, 2.05) is 116 Å². The van der Waals surface area contributed by atoms with Crippen molar-refractivity contribution < 1.29 is 39.7 Å². The highest BCUT2D eigenvalue weighted by Gasteiger charge is 2.27. The van der Waals surface area contributed by atoms with Crippen LogP contribution in [-0.2, 0) is 33.2 Å². The highest BCUT2D eigenvalue weighted by Crippen LogP contribution is 2.42. The van der Waals surface area contributed by atoms with Gasteiger partial charge in [0, 0.05) is 41.5 Å². The Morgan fingerprint density at radius 3 is 1.91 bits per heavy atom. The molecule has 0 bridgehead atoms. The predicted octanol–water partition coefficient (Wildman–Crippen LogP) is 7.93. The summed E-state index contributed by atoms with van der Waals surface area (Å²) in [4.78, 5) is 1.66. The molecule has 284 valence electrons. The molecule has 0 unspecified atom stereocenters. The number of ether oxygens (including phenoxy) is 1. The third-order valence-electron chi connectivity index (χ3n) is 9.11. The van der Waals surface area contributed by atoms with Crippen molar-refractivity contribution in [3.8, 4) is 28.0 Å². The minimum absolute atomic E-state index is 0.0475. The third kappa shape index (κ3) is 10.4. The maximum Gasteiger partial charge on any atom is 0.200 e. The molecule has 12 heteroatoms. The van der Waals surface area contributed by atoms with Crippen LogP contribution in [0, 0.1) is 0 Å². The highest BCUT2D eigenvalue weighted by atomic mass is 32.2. The van der Waals surface area contributed by atoms with E-state index in [1.165, 1.54) is 0 Å². The van der Waals surface area contributed by atoms with E-state index in [4.69, 9.17) is 9.15 Å². The lowest BCUT2D eigenvalue weighted by molar-refractivity contribution is -0.693. The van der Waals surface area contributed by atoms with Gasteiger partial charge in [0.25, 0.3) is 0 Å². The second-order valence-electron chi connectivity index (χ2n) is 12.9. The van der Waals surface area contributed by atoms with E-state index < -0.39 is 31.7 Å². The van der Waals surface area contributed by atoms with Crippen molar-refractivity contribution in [2.75, 3.05) is 23.0 Å². The van der Waals surface area contributed by atoms with Crippen LogP contribution in [0.5, 0.6) is 5.75 Å². The molecule has 10 nitrogen and oxygen atoms in total. The zero-order valence-electron chi connectivity index (χ0n) is 30.5. The minimum atomic E-state index is -4.52. The van der Waals surface area contributed by atoms with Crippen LogP contribution in [0.4, 0.5) is 5.69 Å². The van der Waals surface area contributed by atoms with Crippen molar-refractivity contribution in [2.24, 2.45) is 0 Å². The maximum absolute atomic E-state index is 11.7. The average Bonchev–Trinajstić information content (AvgIpc) is 3.72. The van der Waals surface area contributed by atoms with Crippen LogP contribution in [0.15, 0.2) is 150 Å². The standard InChI is InChI=1S/C36H33NO8S2.C7H10N/c1-2-25(21-35-30(17-19-46(38,39)40)31-23-28(13-15-33(31)44-35)26-9-5-3-6-10-26)22-36-37(18-20-47(41,42)43)32-24-29(14-16-34(32)45-36)27-11-7-4-8-12-27;1-2-8-6-4-3-5-7-8/h3-16,21-24H,2,17-20H2,1H3,(H,38,39,40)(H,41,42,43);3-7H,2H2,1H3/q;+1/p-2. The van der Waals surface area contributed by atoms with Crippen molar-refractivity contribution >= 4 is 43.0 Å². The van der Waals surface area contributed by atoms with Crippen LogP contribution in [0.2, 0.25) is 0 Å². The number of benzene rings is 4. The number of anilines is 1. The van der Waals surface area contributed by atoms with Gasteiger partial charge in [-0.15, -0.1) is 0 Å². The van der Waals surface area contributed by atoms with Gasteiger partial charge >= 0.3 is 0 Å². The molecule has 1 aliphatic rings. The van der Waals surface area contributed by atoms with E-state index >= 15 is 0 Å². The first kappa shape index (κ1) is 39.2. The van der Waals surface area contributed by atoms with Gasteiger partial charge in [0.05, 0.1) is 31.7 Å². The summed E-state index contributed by atoms with van der Waals surface area (Å²) in [7, 11) is -9.03. The number of nitrogens with zero attached hydrogens (tertiary/aromatic N) is 2. The van der Waals surface area contributed by atoms with Crippen LogP contribution in [0.25, 0.3) is 39.3 Å².